The Kier molecular flexibility index (Phi) is 6.28. The van der Waals surface area contributed by atoms with Crippen LogP contribution in [-0.4, -0.2) is 56.7 Å². The Hall–Kier alpha value is -4.22. The van der Waals surface area contributed by atoms with Gasteiger partial charge in [-0.25, -0.2) is 4.39 Å². The third-order valence-corrected chi connectivity index (χ3v) is 8.64. The lowest BCUT2D eigenvalue weighted by atomic mass is 9.96. The number of halogens is 1. The molecule has 1 fully saturated rings. The van der Waals surface area contributed by atoms with Crippen LogP contribution in [0, 0.1) is 5.82 Å². The zero-order chi connectivity index (χ0) is 28.2. The second-order valence-electron chi connectivity index (χ2n) is 11.2. The quantitative estimate of drug-likeness (QED) is 0.365. The van der Waals surface area contributed by atoms with Gasteiger partial charge in [-0.2, -0.15) is 5.10 Å². The highest BCUT2D eigenvalue weighted by atomic mass is 19.1. The molecule has 0 atom stereocenters. The second-order valence-corrected chi connectivity index (χ2v) is 11.2. The summed E-state index contributed by atoms with van der Waals surface area (Å²) in [6.07, 6.45) is 7.24. The number of aliphatic hydroxyl groups excluding tert-OH is 1. The van der Waals surface area contributed by atoms with Crippen LogP contribution < -0.4 is 21.1 Å². The van der Waals surface area contributed by atoms with E-state index in [4.69, 9.17) is 0 Å². The SMILES string of the molecule is Cn1cc(-c2cc(F)cc(N3C=C4C(=O)C5=C(CCCC5)N4CC3)c2CO)cc(Nc2cc(C3CNC3)[nH]n2)c1=O. The van der Waals surface area contributed by atoms with Gasteiger partial charge in [0.2, 0.25) is 5.78 Å². The number of aryl methyl sites for hydroxylation is 1. The van der Waals surface area contributed by atoms with Crippen molar-refractivity contribution in [3.63, 3.8) is 0 Å². The molecule has 1 aromatic carbocycles. The Bertz CT molecular complexity index is 1680. The van der Waals surface area contributed by atoms with E-state index in [1.54, 1.807) is 25.5 Å². The van der Waals surface area contributed by atoms with Crippen molar-refractivity contribution in [2.45, 2.75) is 38.2 Å². The van der Waals surface area contributed by atoms with Crippen molar-refractivity contribution in [3.8, 4) is 11.1 Å². The fraction of sp³-hybridized carbons (Fsp3) is 0.367. The number of carbonyl (C=O) groups is 1. The molecule has 1 aliphatic carbocycles. The maximum Gasteiger partial charge on any atom is 0.274 e. The molecule has 0 amide bonds. The lowest BCUT2D eigenvalue weighted by Crippen LogP contribution is -2.40. The number of allylic oxidation sites excluding steroid dienone is 2. The fourth-order valence-electron chi connectivity index (χ4n) is 6.36. The van der Waals surface area contributed by atoms with Crippen LogP contribution >= 0.6 is 0 Å². The fourth-order valence-corrected chi connectivity index (χ4v) is 6.36. The zero-order valence-electron chi connectivity index (χ0n) is 22.8. The summed E-state index contributed by atoms with van der Waals surface area (Å²) in [4.78, 5) is 30.2. The highest BCUT2D eigenvalue weighted by Crippen LogP contribution is 2.41. The molecule has 0 unspecified atom stereocenters. The topological polar surface area (TPSA) is 119 Å². The Morgan fingerprint density at radius 2 is 1.95 bits per heavy atom. The first kappa shape index (κ1) is 25.7. The predicted octanol–water partition coefficient (Wildman–Crippen LogP) is 3.21. The minimum atomic E-state index is -0.474. The number of anilines is 3. The Labute approximate surface area is 236 Å². The van der Waals surface area contributed by atoms with E-state index < -0.39 is 5.82 Å². The van der Waals surface area contributed by atoms with Crippen molar-refractivity contribution >= 4 is 23.0 Å². The van der Waals surface area contributed by atoms with Gasteiger partial charge in [-0.05, 0) is 49.4 Å². The standard InChI is InChI=1S/C30H32FN7O3/c1-36-14-17(8-24(30(36)41)33-28-11-23(34-35-28)18-12-32-13-18)21-9-19(31)10-26(22(21)16-39)37-6-7-38-25-5-3-2-4-20(25)29(40)27(38)15-37/h8-11,14-15,18,32,39H,2-7,12-13,16H2,1H3,(H2,33,34,35). The van der Waals surface area contributed by atoms with Crippen LogP contribution in [0.25, 0.3) is 11.1 Å². The summed E-state index contributed by atoms with van der Waals surface area (Å²) in [7, 11) is 1.63. The summed E-state index contributed by atoms with van der Waals surface area (Å²) in [5.41, 5.74) is 5.73. The molecule has 7 rings (SSSR count). The lowest BCUT2D eigenvalue weighted by Gasteiger charge is -2.35. The largest absolute Gasteiger partial charge is 0.392 e. The number of nitrogens with zero attached hydrogens (tertiary/aromatic N) is 4. The number of fused-ring (bicyclic) bond motifs is 2. The molecule has 1 saturated heterocycles. The number of pyridine rings is 1. The first-order chi connectivity index (χ1) is 19.9. The number of aromatic nitrogens is 3. The van der Waals surface area contributed by atoms with E-state index in [1.165, 1.54) is 16.7 Å². The molecule has 10 nitrogen and oxygen atoms in total. The van der Waals surface area contributed by atoms with Gasteiger partial charge in [-0.1, -0.05) is 0 Å². The van der Waals surface area contributed by atoms with Crippen LogP contribution in [0.2, 0.25) is 0 Å². The predicted molar refractivity (Wildman–Crippen MR) is 153 cm³/mol. The Balaban J connectivity index is 1.25. The van der Waals surface area contributed by atoms with Crippen LogP contribution in [0.5, 0.6) is 0 Å². The molecule has 212 valence electrons. The van der Waals surface area contributed by atoms with Crippen molar-refractivity contribution in [1.82, 2.24) is 25.0 Å². The number of carbonyl (C=O) groups excluding carboxylic acids is 1. The molecule has 41 heavy (non-hydrogen) atoms. The lowest BCUT2D eigenvalue weighted by molar-refractivity contribution is -0.112. The number of benzene rings is 1. The van der Waals surface area contributed by atoms with Crippen LogP contribution in [0.4, 0.5) is 21.6 Å². The van der Waals surface area contributed by atoms with E-state index in [0.717, 1.165) is 55.7 Å². The number of hydrogen-bond acceptors (Lipinski definition) is 8. The molecule has 3 aliphatic heterocycles. The van der Waals surface area contributed by atoms with Gasteiger partial charge in [-0.3, -0.25) is 14.7 Å². The minimum Gasteiger partial charge on any atom is -0.392 e. The van der Waals surface area contributed by atoms with Gasteiger partial charge in [-0.15, -0.1) is 0 Å². The average Bonchev–Trinajstić information content (AvgIpc) is 3.51. The monoisotopic (exact) mass is 557 g/mol. The number of nitrogens with one attached hydrogen (secondary N) is 3. The molecule has 0 bridgehead atoms. The van der Waals surface area contributed by atoms with Gasteiger partial charge in [0.05, 0.1) is 6.61 Å². The number of ketones is 1. The number of hydrogen-bond donors (Lipinski definition) is 4. The van der Waals surface area contributed by atoms with Gasteiger partial charge in [0.1, 0.15) is 17.2 Å². The number of aliphatic hydroxyl groups is 1. The number of Topliss-reactive ketones (excluding diaryl/α,β-unsaturated/α-hetero) is 1. The average molecular weight is 558 g/mol. The van der Waals surface area contributed by atoms with Crippen LogP contribution in [0.15, 0.2) is 58.4 Å². The molecule has 5 heterocycles. The molecule has 4 N–H and O–H groups in total. The summed E-state index contributed by atoms with van der Waals surface area (Å²) < 4.78 is 16.6. The third-order valence-electron chi connectivity index (χ3n) is 8.64. The Morgan fingerprint density at radius 3 is 2.73 bits per heavy atom. The minimum absolute atomic E-state index is 0.0513. The molecule has 2 aromatic heterocycles. The third kappa shape index (κ3) is 4.36. The summed E-state index contributed by atoms with van der Waals surface area (Å²) in [5, 5.41) is 24.2. The highest BCUT2D eigenvalue weighted by Gasteiger charge is 2.38. The van der Waals surface area contributed by atoms with Crippen molar-refractivity contribution < 1.29 is 14.3 Å². The van der Waals surface area contributed by atoms with Crippen LogP contribution in [-0.2, 0) is 18.4 Å². The highest BCUT2D eigenvalue weighted by molar-refractivity contribution is 6.11. The van der Waals surface area contributed by atoms with E-state index in [9.17, 15) is 14.7 Å². The van der Waals surface area contributed by atoms with E-state index in [1.807, 2.05) is 11.0 Å². The smallest absolute Gasteiger partial charge is 0.274 e. The van der Waals surface area contributed by atoms with E-state index >= 15 is 4.39 Å². The number of H-pyrrole nitrogens is 1. The van der Waals surface area contributed by atoms with Crippen molar-refractivity contribution in [2.24, 2.45) is 7.05 Å². The maximum absolute atomic E-state index is 15.2. The summed E-state index contributed by atoms with van der Waals surface area (Å²) in [6.45, 7) is 2.57. The molecular formula is C30H32FN7O3. The molecule has 4 aliphatic rings. The summed E-state index contributed by atoms with van der Waals surface area (Å²) in [5.74, 6) is 0.459. The normalized spacial score (nSPS) is 18.8. The molecule has 0 spiro atoms. The van der Waals surface area contributed by atoms with Crippen LogP contribution in [0.1, 0.15) is 42.9 Å². The van der Waals surface area contributed by atoms with Gasteiger partial charge < -0.3 is 30.1 Å². The van der Waals surface area contributed by atoms with Gasteiger partial charge in [0, 0.05) is 91.4 Å². The van der Waals surface area contributed by atoms with E-state index in [-0.39, 0.29) is 23.6 Å². The molecule has 0 radical (unpaired) electrons. The maximum atomic E-state index is 15.2. The van der Waals surface area contributed by atoms with E-state index in [0.29, 0.717) is 52.9 Å². The number of rotatable bonds is 6. The molecule has 11 heteroatoms. The van der Waals surface area contributed by atoms with Crippen molar-refractivity contribution in [2.75, 3.05) is 36.4 Å². The summed E-state index contributed by atoms with van der Waals surface area (Å²) in [6, 6.07) is 6.32. The Morgan fingerprint density at radius 1 is 1.12 bits per heavy atom. The van der Waals surface area contributed by atoms with Crippen molar-refractivity contribution in [1.29, 1.82) is 0 Å². The summed E-state index contributed by atoms with van der Waals surface area (Å²) >= 11 is 0. The molecular weight excluding hydrogens is 525 g/mol. The first-order valence-electron chi connectivity index (χ1n) is 14.1. The van der Waals surface area contributed by atoms with Crippen molar-refractivity contribution in [3.05, 3.63) is 81.1 Å². The van der Waals surface area contributed by atoms with Gasteiger partial charge >= 0.3 is 0 Å². The first-order valence-corrected chi connectivity index (χ1v) is 14.1. The number of aromatic amines is 1. The zero-order valence-corrected chi connectivity index (χ0v) is 22.8. The van der Waals surface area contributed by atoms with Gasteiger partial charge in [0.15, 0.2) is 5.82 Å². The second kappa shape index (κ2) is 10.0. The molecule has 3 aromatic rings. The van der Waals surface area contributed by atoms with Crippen LogP contribution in [0.3, 0.4) is 0 Å². The van der Waals surface area contributed by atoms with E-state index in [2.05, 4.69) is 25.7 Å². The molecule has 0 saturated carbocycles. The van der Waals surface area contributed by atoms with Gasteiger partial charge in [0.25, 0.3) is 5.56 Å².